The molecule has 150 valence electrons. The SMILES string of the molecule is CN=C(NCCc1ccc2c(c1)CCO2)NCCc1ccc(OC)c(OC)c1. The second-order valence-electron chi connectivity index (χ2n) is 6.66. The Hall–Kier alpha value is -2.89. The molecule has 0 fully saturated rings. The van der Waals surface area contributed by atoms with Crippen molar-refractivity contribution < 1.29 is 14.2 Å². The largest absolute Gasteiger partial charge is 0.493 e. The van der Waals surface area contributed by atoms with Crippen LogP contribution in [0.4, 0.5) is 0 Å². The molecule has 1 heterocycles. The predicted molar refractivity (Wildman–Crippen MR) is 112 cm³/mol. The molecule has 2 aromatic carbocycles. The second kappa shape index (κ2) is 9.88. The minimum absolute atomic E-state index is 0.745. The predicted octanol–water partition coefficient (Wildman–Crippen LogP) is 2.59. The fourth-order valence-electron chi connectivity index (χ4n) is 3.30. The third-order valence-electron chi connectivity index (χ3n) is 4.84. The van der Waals surface area contributed by atoms with Crippen molar-refractivity contribution in [3.8, 4) is 17.2 Å². The van der Waals surface area contributed by atoms with Gasteiger partial charge in [-0.25, -0.2) is 0 Å². The van der Waals surface area contributed by atoms with E-state index in [4.69, 9.17) is 14.2 Å². The van der Waals surface area contributed by atoms with E-state index in [9.17, 15) is 0 Å². The maximum Gasteiger partial charge on any atom is 0.190 e. The lowest BCUT2D eigenvalue weighted by atomic mass is 10.1. The molecule has 0 atom stereocenters. The highest BCUT2D eigenvalue weighted by atomic mass is 16.5. The molecule has 3 rings (SSSR count). The molecular formula is C22H29N3O3. The molecular weight excluding hydrogens is 354 g/mol. The Morgan fingerprint density at radius 3 is 2.32 bits per heavy atom. The highest BCUT2D eigenvalue weighted by molar-refractivity contribution is 5.79. The van der Waals surface area contributed by atoms with E-state index < -0.39 is 0 Å². The van der Waals surface area contributed by atoms with Crippen LogP contribution in [0.25, 0.3) is 0 Å². The summed E-state index contributed by atoms with van der Waals surface area (Å²) in [7, 11) is 5.09. The van der Waals surface area contributed by atoms with Crippen LogP contribution < -0.4 is 24.8 Å². The zero-order chi connectivity index (χ0) is 19.8. The minimum Gasteiger partial charge on any atom is -0.493 e. The number of fused-ring (bicyclic) bond motifs is 1. The monoisotopic (exact) mass is 383 g/mol. The summed E-state index contributed by atoms with van der Waals surface area (Å²) in [4.78, 5) is 4.30. The summed E-state index contributed by atoms with van der Waals surface area (Å²) in [6.07, 6.45) is 2.82. The van der Waals surface area contributed by atoms with Crippen LogP contribution in [-0.4, -0.2) is 46.9 Å². The van der Waals surface area contributed by atoms with Gasteiger partial charge in [0, 0.05) is 26.6 Å². The highest BCUT2D eigenvalue weighted by Crippen LogP contribution is 2.27. The number of hydrogen-bond acceptors (Lipinski definition) is 4. The van der Waals surface area contributed by atoms with Gasteiger partial charge in [0.25, 0.3) is 0 Å². The first kappa shape index (κ1) is 19.9. The molecule has 0 unspecified atom stereocenters. The number of nitrogens with zero attached hydrogens (tertiary/aromatic N) is 1. The van der Waals surface area contributed by atoms with Crippen LogP contribution in [0.2, 0.25) is 0 Å². The summed E-state index contributed by atoms with van der Waals surface area (Å²) in [5.41, 5.74) is 3.81. The molecule has 0 amide bonds. The molecule has 6 heteroatoms. The van der Waals surface area contributed by atoms with E-state index in [1.54, 1.807) is 21.3 Å². The zero-order valence-electron chi connectivity index (χ0n) is 16.9. The van der Waals surface area contributed by atoms with Gasteiger partial charge < -0.3 is 24.8 Å². The Kier molecular flexibility index (Phi) is 7.00. The highest BCUT2D eigenvalue weighted by Gasteiger charge is 2.11. The number of hydrogen-bond donors (Lipinski definition) is 2. The number of benzene rings is 2. The Bertz CT molecular complexity index is 821. The first-order valence-electron chi connectivity index (χ1n) is 9.63. The van der Waals surface area contributed by atoms with Crippen molar-refractivity contribution in [2.24, 2.45) is 4.99 Å². The van der Waals surface area contributed by atoms with E-state index in [2.05, 4.69) is 39.9 Å². The van der Waals surface area contributed by atoms with Gasteiger partial charge >= 0.3 is 0 Å². The van der Waals surface area contributed by atoms with Crippen LogP contribution in [0.5, 0.6) is 17.2 Å². The Balaban J connectivity index is 1.42. The van der Waals surface area contributed by atoms with Gasteiger partial charge in [0.05, 0.1) is 20.8 Å². The molecule has 28 heavy (non-hydrogen) atoms. The average molecular weight is 383 g/mol. The van der Waals surface area contributed by atoms with Crippen molar-refractivity contribution >= 4 is 5.96 Å². The molecule has 0 saturated carbocycles. The first-order valence-corrected chi connectivity index (χ1v) is 9.63. The summed E-state index contributed by atoms with van der Waals surface area (Å²) in [5, 5.41) is 6.73. The fraction of sp³-hybridized carbons (Fsp3) is 0.409. The van der Waals surface area contributed by atoms with Gasteiger partial charge in [-0.15, -0.1) is 0 Å². The first-order chi connectivity index (χ1) is 13.7. The van der Waals surface area contributed by atoms with Crippen LogP contribution in [0.1, 0.15) is 16.7 Å². The Morgan fingerprint density at radius 1 is 0.964 bits per heavy atom. The smallest absolute Gasteiger partial charge is 0.190 e. The molecule has 1 aliphatic heterocycles. The Morgan fingerprint density at radius 2 is 1.64 bits per heavy atom. The second-order valence-corrected chi connectivity index (χ2v) is 6.66. The summed E-state index contributed by atoms with van der Waals surface area (Å²) in [5.74, 6) is 3.34. The molecule has 0 radical (unpaired) electrons. The van der Waals surface area contributed by atoms with E-state index in [1.165, 1.54) is 16.7 Å². The lowest BCUT2D eigenvalue weighted by molar-refractivity contribution is 0.354. The molecule has 0 saturated heterocycles. The van der Waals surface area contributed by atoms with Crippen LogP contribution in [0, 0.1) is 0 Å². The molecule has 2 aromatic rings. The summed E-state index contributed by atoms with van der Waals surface area (Å²) >= 11 is 0. The molecule has 0 spiro atoms. The standard InChI is InChI=1S/C22H29N3O3/c1-23-22(24-11-8-16-4-6-19-18(14-16)10-13-28-19)25-12-9-17-5-7-20(26-2)21(15-17)27-3/h4-7,14-15H,8-13H2,1-3H3,(H2,23,24,25). The minimum atomic E-state index is 0.745. The lowest BCUT2D eigenvalue weighted by Crippen LogP contribution is -2.39. The van der Waals surface area contributed by atoms with Crippen LogP contribution in [-0.2, 0) is 19.3 Å². The normalized spacial score (nSPS) is 12.9. The fourth-order valence-corrected chi connectivity index (χ4v) is 3.30. The number of guanidine groups is 1. The van der Waals surface area contributed by atoms with Crippen LogP contribution in [0.3, 0.4) is 0 Å². The third kappa shape index (κ3) is 5.09. The van der Waals surface area contributed by atoms with Crippen molar-refractivity contribution in [3.05, 3.63) is 53.1 Å². The summed E-state index contributed by atoms with van der Waals surface area (Å²) in [6, 6.07) is 12.5. The van der Waals surface area contributed by atoms with Crippen molar-refractivity contribution in [1.29, 1.82) is 0 Å². The number of nitrogens with one attached hydrogen (secondary N) is 2. The average Bonchev–Trinajstić information content (AvgIpc) is 3.20. The van der Waals surface area contributed by atoms with E-state index in [0.717, 1.165) is 62.2 Å². The van der Waals surface area contributed by atoms with Crippen LogP contribution in [0.15, 0.2) is 41.4 Å². The van der Waals surface area contributed by atoms with Crippen molar-refractivity contribution in [2.75, 3.05) is 41.0 Å². The number of methoxy groups -OCH3 is 2. The van der Waals surface area contributed by atoms with Gasteiger partial charge in [0.2, 0.25) is 0 Å². The quantitative estimate of drug-likeness (QED) is 0.542. The van der Waals surface area contributed by atoms with E-state index >= 15 is 0 Å². The molecule has 6 nitrogen and oxygen atoms in total. The maximum atomic E-state index is 5.56. The molecule has 1 aliphatic rings. The number of aliphatic imine (C=N–C) groups is 1. The molecule has 0 aromatic heterocycles. The van der Waals surface area contributed by atoms with Gasteiger partial charge in [0.1, 0.15) is 5.75 Å². The van der Waals surface area contributed by atoms with Crippen molar-refractivity contribution in [1.82, 2.24) is 10.6 Å². The lowest BCUT2D eigenvalue weighted by Gasteiger charge is -2.13. The molecule has 0 bridgehead atoms. The number of rotatable bonds is 8. The topological polar surface area (TPSA) is 64.1 Å². The van der Waals surface area contributed by atoms with Gasteiger partial charge in [-0.3, -0.25) is 4.99 Å². The van der Waals surface area contributed by atoms with E-state index in [1.807, 2.05) is 12.1 Å². The van der Waals surface area contributed by atoms with Crippen molar-refractivity contribution in [3.63, 3.8) is 0 Å². The Labute approximate surface area is 166 Å². The molecule has 0 aliphatic carbocycles. The van der Waals surface area contributed by atoms with Crippen molar-refractivity contribution in [2.45, 2.75) is 19.3 Å². The van der Waals surface area contributed by atoms with Gasteiger partial charge in [-0.1, -0.05) is 18.2 Å². The summed E-state index contributed by atoms with van der Waals surface area (Å²) in [6.45, 7) is 2.41. The van der Waals surface area contributed by atoms with Gasteiger partial charge in [0.15, 0.2) is 17.5 Å². The van der Waals surface area contributed by atoms with Gasteiger partial charge in [-0.05, 0) is 47.7 Å². The maximum absolute atomic E-state index is 5.56. The number of ether oxygens (including phenoxy) is 3. The zero-order valence-corrected chi connectivity index (χ0v) is 16.9. The molecule has 2 N–H and O–H groups in total. The van der Waals surface area contributed by atoms with Gasteiger partial charge in [-0.2, -0.15) is 0 Å². The van der Waals surface area contributed by atoms with E-state index in [-0.39, 0.29) is 0 Å². The third-order valence-corrected chi connectivity index (χ3v) is 4.84. The van der Waals surface area contributed by atoms with E-state index in [0.29, 0.717) is 0 Å². The summed E-state index contributed by atoms with van der Waals surface area (Å²) < 4.78 is 16.2. The van der Waals surface area contributed by atoms with Crippen LogP contribution >= 0.6 is 0 Å².